The van der Waals surface area contributed by atoms with Gasteiger partial charge in [-0.15, -0.1) is 0 Å². The molecule has 27 heavy (non-hydrogen) atoms. The zero-order valence-corrected chi connectivity index (χ0v) is 18.2. The normalized spacial score (nSPS) is 12.5. The Labute approximate surface area is 165 Å². The molecule has 0 aromatic heterocycles. The average Bonchev–Trinajstić information content (AvgIpc) is 2.58. The molecular formula is C22H42O5. The number of carbonyl (C=O) groups is 2. The quantitative estimate of drug-likeness (QED) is 0.304. The third kappa shape index (κ3) is 12.1. The smallest absolute Gasteiger partial charge is 0.309 e. The van der Waals surface area contributed by atoms with Gasteiger partial charge in [-0.2, -0.15) is 0 Å². The van der Waals surface area contributed by atoms with E-state index in [0.29, 0.717) is 6.10 Å². The fourth-order valence-electron chi connectivity index (χ4n) is 3.18. The summed E-state index contributed by atoms with van der Waals surface area (Å²) < 4.78 is 5.58. The van der Waals surface area contributed by atoms with Crippen molar-refractivity contribution in [2.45, 2.75) is 111 Å². The summed E-state index contributed by atoms with van der Waals surface area (Å²) in [6, 6.07) is 0. The first-order valence-corrected chi connectivity index (χ1v) is 10.5. The largest absolute Gasteiger partial charge is 0.481 e. The number of carboxylic acid groups (broad SMARTS) is 2. The van der Waals surface area contributed by atoms with Crippen LogP contribution in [-0.2, 0) is 14.3 Å². The number of rotatable bonds is 17. The van der Waals surface area contributed by atoms with Gasteiger partial charge in [-0.1, -0.05) is 51.4 Å². The molecule has 160 valence electrons. The molecule has 0 spiro atoms. The van der Waals surface area contributed by atoms with E-state index in [1.165, 1.54) is 0 Å². The van der Waals surface area contributed by atoms with Crippen molar-refractivity contribution in [1.82, 2.24) is 0 Å². The van der Waals surface area contributed by atoms with Crippen molar-refractivity contribution in [2.24, 2.45) is 10.8 Å². The molecule has 2 N–H and O–H groups in total. The summed E-state index contributed by atoms with van der Waals surface area (Å²) in [5.74, 6) is -1.43. The fraction of sp³-hybridized carbons (Fsp3) is 0.909. The van der Waals surface area contributed by atoms with Crippen molar-refractivity contribution < 1.29 is 24.5 Å². The number of ether oxygens (including phenoxy) is 1. The first kappa shape index (κ1) is 25.9. The lowest BCUT2D eigenvalue weighted by Gasteiger charge is -2.19. The van der Waals surface area contributed by atoms with Crippen molar-refractivity contribution in [2.75, 3.05) is 7.11 Å². The van der Waals surface area contributed by atoms with E-state index in [4.69, 9.17) is 14.9 Å². The van der Waals surface area contributed by atoms with Gasteiger partial charge in [0.2, 0.25) is 0 Å². The average molecular weight is 387 g/mol. The number of hydrogen-bond donors (Lipinski definition) is 2. The molecule has 0 aliphatic heterocycles. The van der Waals surface area contributed by atoms with E-state index in [9.17, 15) is 9.59 Å². The van der Waals surface area contributed by atoms with Crippen LogP contribution in [-0.4, -0.2) is 35.4 Å². The molecule has 0 aliphatic rings. The second kappa shape index (κ2) is 13.1. The lowest BCUT2D eigenvalue weighted by molar-refractivity contribution is -0.148. The molecule has 0 heterocycles. The molecule has 0 atom stereocenters. The van der Waals surface area contributed by atoms with Crippen LogP contribution in [0.15, 0.2) is 0 Å². The predicted molar refractivity (Wildman–Crippen MR) is 109 cm³/mol. The van der Waals surface area contributed by atoms with Crippen LogP contribution >= 0.6 is 0 Å². The first-order valence-electron chi connectivity index (χ1n) is 10.5. The number of hydrogen-bond acceptors (Lipinski definition) is 3. The third-order valence-electron chi connectivity index (χ3n) is 5.65. The van der Waals surface area contributed by atoms with Crippen LogP contribution in [0.25, 0.3) is 0 Å². The van der Waals surface area contributed by atoms with Crippen LogP contribution in [0.4, 0.5) is 0 Å². The summed E-state index contributed by atoms with van der Waals surface area (Å²) in [6.07, 6.45) is 12.5. The van der Waals surface area contributed by atoms with Gasteiger partial charge in [-0.05, 0) is 53.4 Å². The van der Waals surface area contributed by atoms with Gasteiger partial charge < -0.3 is 14.9 Å². The van der Waals surface area contributed by atoms with Crippen molar-refractivity contribution in [1.29, 1.82) is 0 Å². The molecule has 0 aromatic carbocycles. The molecular weight excluding hydrogens is 344 g/mol. The molecule has 0 radical (unpaired) electrons. The van der Waals surface area contributed by atoms with Crippen LogP contribution in [0.3, 0.4) is 0 Å². The maximum absolute atomic E-state index is 11.1. The second-order valence-corrected chi connectivity index (χ2v) is 9.14. The highest BCUT2D eigenvalue weighted by Crippen LogP contribution is 2.25. The summed E-state index contributed by atoms with van der Waals surface area (Å²) in [5.41, 5.74) is -1.23. The highest BCUT2D eigenvalue weighted by molar-refractivity contribution is 5.73. The summed E-state index contributed by atoms with van der Waals surface area (Å²) in [7, 11) is 1.77. The predicted octanol–water partition coefficient (Wildman–Crippen LogP) is 5.90. The summed E-state index contributed by atoms with van der Waals surface area (Å²) in [4.78, 5) is 22.1. The Hall–Kier alpha value is -1.10. The molecule has 5 heteroatoms. The van der Waals surface area contributed by atoms with Crippen molar-refractivity contribution in [3.8, 4) is 0 Å². The number of carboxylic acids is 2. The van der Waals surface area contributed by atoms with Crippen LogP contribution in [0.2, 0.25) is 0 Å². The van der Waals surface area contributed by atoms with Crippen LogP contribution in [0.5, 0.6) is 0 Å². The molecule has 0 rings (SSSR count). The van der Waals surface area contributed by atoms with Crippen LogP contribution in [0.1, 0.15) is 105 Å². The van der Waals surface area contributed by atoms with Gasteiger partial charge >= 0.3 is 11.9 Å². The molecule has 0 aromatic rings. The summed E-state index contributed by atoms with van der Waals surface area (Å²) in [5, 5.41) is 18.2. The minimum atomic E-state index is -0.714. The van der Waals surface area contributed by atoms with Crippen LogP contribution in [0, 0.1) is 10.8 Å². The van der Waals surface area contributed by atoms with Gasteiger partial charge in [0, 0.05) is 7.11 Å². The van der Waals surface area contributed by atoms with E-state index in [-0.39, 0.29) is 0 Å². The standard InChI is InChI=1S/C22H42O5/c1-21(2,19(23)24)16-12-8-6-10-14-18(27-5)15-11-7-9-13-17-22(3,4)20(25)26/h18H,6-17H2,1-5H3,(H,23,24)(H,25,26). The molecule has 0 saturated carbocycles. The highest BCUT2D eigenvalue weighted by atomic mass is 16.5. The van der Waals surface area contributed by atoms with Gasteiger partial charge in [0.15, 0.2) is 0 Å². The molecule has 0 unspecified atom stereocenters. The second-order valence-electron chi connectivity index (χ2n) is 9.14. The Balaban J connectivity index is 3.71. The van der Waals surface area contributed by atoms with E-state index in [0.717, 1.165) is 77.0 Å². The lowest BCUT2D eigenvalue weighted by Crippen LogP contribution is -2.23. The molecule has 0 aliphatic carbocycles. The lowest BCUT2D eigenvalue weighted by atomic mass is 9.87. The molecule has 0 amide bonds. The molecule has 0 saturated heterocycles. The maximum atomic E-state index is 11.1. The minimum Gasteiger partial charge on any atom is -0.481 e. The Kier molecular flexibility index (Phi) is 12.6. The highest BCUT2D eigenvalue weighted by Gasteiger charge is 2.26. The molecule has 0 fully saturated rings. The summed E-state index contributed by atoms with van der Waals surface area (Å²) >= 11 is 0. The number of unbranched alkanes of at least 4 members (excludes halogenated alkanes) is 6. The fourth-order valence-corrected chi connectivity index (χ4v) is 3.18. The monoisotopic (exact) mass is 386 g/mol. The Morgan fingerprint density at radius 2 is 1.04 bits per heavy atom. The zero-order chi connectivity index (χ0) is 20.9. The summed E-state index contributed by atoms with van der Waals surface area (Å²) in [6.45, 7) is 7.16. The topological polar surface area (TPSA) is 83.8 Å². The molecule has 5 nitrogen and oxygen atoms in total. The van der Waals surface area contributed by atoms with E-state index in [2.05, 4.69) is 0 Å². The van der Waals surface area contributed by atoms with E-state index in [1.807, 2.05) is 0 Å². The van der Waals surface area contributed by atoms with E-state index >= 15 is 0 Å². The first-order chi connectivity index (χ1) is 12.5. The zero-order valence-electron chi connectivity index (χ0n) is 18.2. The Bertz CT molecular complexity index is 390. The van der Waals surface area contributed by atoms with E-state index < -0.39 is 22.8 Å². The van der Waals surface area contributed by atoms with Gasteiger partial charge in [-0.25, -0.2) is 0 Å². The number of aliphatic carboxylic acids is 2. The van der Waals surface area contributed by atoms with Crippen molar-refractivity contribution >= 4 is 11.9 Å². The Morgan fingerprint density at radius 3 is 1.33 bits per heavy atom. The van der Waals surface area contributed by atoms with E-state index in [1.54, 1.807) is 34.8 Å². The van der Waals surface area contributed by atoms with Gasteiger partial charge in [-0.3, -0.25) is 9.59 Å². The Morgan fingerprint density at radius 1 is 0.704 bits per heavy atom. The van der Waals surface area contributed by atoms with Crippen molar-refractivity contribution in [3.05, 3.63) is 0 Å². The maximum Gasteiger partial charge on any atom is 0.309 e. The minimum absolute atomic E-state index is 0.302. The molecule has 0 bridgehead atoms. The number of methoxy groups -OCH3 is 1. The van der Waals surface area contributed by atoms with Gasteiger partial charge in [0.05, 0.1) is 16.9 Å². The van der Waals surface area contributed by atoms with Crippen molar-refractivity contribution in [3.63, 3.8) is 0 Å². The van der Waals surface area contributed by atoms with Gasteiger partial charge in [0.1, 0.15) is 0 Å². The van der Waals surface area contributed by atoms with Crippen LogP contribution < -0.4 is 0 Å². The van der Waals surface area contributed by atoms with Gasteiger partial charge in [0.25, 0.3) is 0 Å². The third-order valence-corrected chi connectivity index (χ3v) is 5.65. The SMILES string of the molecule is COC(CCCCCCC(C)(C)C(=O)O)CCCCCCC(C)(C)C(=O)O.